The average Bonchev–Trinajstić information content (AvgIpc) is 2.99. The van der Waals surface area contributed by atoms with Crippen LogP contribution in [0.5, 0.6) is 0 Å². The number of benzene rings is 2. The Balaban J connectivity index is 1.74. The molecule has 25 heavy (non-hydrogen) atoms. The van der Waals surface area contributed by atoms with Gasteiger partial charge < -0.3 is 20.7 Å². The standard InChI is InChI=1S/C18H20F3N3O/c1-2-25-11-23-17-6-5-15(8-16(17)22)24-9-12-3-4-14(18(19,20)21)7-13(12)10-24/h3-8,23H,2,9-11,22H2,1H3. The van der Waals surface area contributed by atoms with Gasteiger partial charge in [-0.25, -0.2) is 0 Å². The summed E-state index contributed by atoms with van der Waals surface area (Å²) in [4.78, 5) is 2.01. The summed E-state index contributed by atoms with van der Waals surface area (Å²) in [6, 6.07) is 9.51. The lowest BCUT2D eigenvalue weighted by molar-refractivity contribution is -0.137. The Morgan fingerprint density at radius 1 is 1.12 bits per heavy atom. The Bertz CT molecular complexity index is 762. The largest absolute Gasteiger partial charge is 0.416 e. The van der Waals surface area contributed by atoms with Gasteiger partial charge in [0.1, 0.15) is 6.73 Å². The highest BCUT2D eigenvalue weighted by Crippen LogP contribution is 2.35. The van der Waals surface area contributed by atoms with E-state index >= 15 is 0 Å². The summed E-state index contributed by atoms with van der Waals surface area (Å²) >= 11 is 0. The van der Waals surface area contributed by atoms with E-state index in [1.165, 1.54) is 6.07 Å². The molecule has 3 rings (SSSR count). The van der Waals surface area contributed by atoms with Crippen molar-refractivity contribution in [1.29, 1.82) is 0 Å². The maximum Gasteiger partial charge on any atom is 0.416 e. The fourth-order valence-corrected chi connectivity index (χ4v) is 2.89. The number of alkyl halides is 3. The number of rotatable bonds is 5. The van der Waals surface area contributed by atoms with Crippen molar-refractivity contribution in [3.63, 3.8) is 0 Å². The number of fused-ring (bicyclic) bond motifs is 1. The molecule has 4 nitrogen and oxygen atoms in total. The van der Waals surface area contributed by atoms with Crippen LogP contribution < -0.4 is 16.0 Å². The van der Waals surface area contributed by atoms with Crippen molar-refractivity contribution < 1.29 is 17.9 Å². The van der Waals surface area contributed by atoms with Crippen LogP contribution in [-0.4, -0.2) is 13.3 Å². The minimum atomic E-state index is -4.32. The molecule has 2 aromatic rings. The summed E-state index contributed by atoms with van der Waals surface area (Å²) in [5.41, 5.74) is 9.29. The summed E-state index contributed by atoms with van der Waals surface area (Å²) in [7, 11) is 0. The minimum absolute atomic E-state index is 0.370. The maximum atomic E-state index is 12.9. The fraction of sp³-hybridized carbons (Fsp3) is 0.333. The highest BCUT2D eigenvalue weighted by atomic mass is 19.4. The molecule has 1 heterocycles. The van der Waals surface area contributed by atoms with E-state index in [4.69, 9.17) is 10.5 Å². The maximum absolute atomic E-state index is 12.9. The number of hydrogen-bond donors (Lipinski definition) is 2. The summed E-state index contributed by atoms with van der Waals surface area (Å²) in [6.45, 7) is 3.89. The molecule has 3 N–H and O–H groups in total. The molecular weight excluding hydrogens is 331 g/mol. The number of nitrogens with two attached hydrogens (primary N) is 1. The SMILES string of the molecule is CCOCNc1ccc(N2Cc3ccc(C(F)(F)F)cc3C2)cc1N. The van der Waals surface area contributed by atoms with Crippen LogP contribution in [0.3, 0.4) is 0 Å². The van der Waals surface area contributed by atoms with Gasteiger partial charge in [-0.1, -0.05) is 6.07 Å². The molecule has 1 aliphatic heterocycles. The van der Waals surface area contributed by atoms with Crippen LogP contribution >= 0.6 is 0 Å². The zero-order valence-electron chi connectivity index (χ0n) is 13.9. The molecule has 0 radical (unpaired) electrons. The summed E-state index contributed by atoms with van der Waals surface area (Å²) < 4.78 is 43.8. The second kappa shape index (κ2) is 6.84. The lowest BCUT2D eigenvalue weighted by Crippen LogP contribution is -2.15. The topological polar surface area (TPSA) is 50.5 Å². The molecule has 0 amide bonds. The molecule has 0 saturated heterocycles. The Kier molecular flexibility index (Phi) is 4.76. The zero-order chi connectivity index (χ0) is 18.0. The fourth-order valence-electron chi connectivity index (χ4n) is 2.89. The van der Waals surface area contributed by atoms with Crippen molar-refractivity contribution in [2.24, 2.45) is 0 Å². The first-order valence-electron chi connectivity index (χ1n) is 8.03. The number of ether oxygens (including phenoxy) is 1. The Morgan fingerprint density at radius 2 is 1.88 bits per heavy atom. The highest BCUT2D eigenvalue weighted by molar-refractivity contribution is 5.72. The van der Waals surface area contributed by atoms with Gasteiger partial charge in [-0.15, -0.1) is 0 Å². The number of nitrogens with one attached hydrogen (secondary N) is 1. The summed E-state index contributed by atoms with van der Waals surface area (Å²) in [6.07, 6.45) is -4.32. The van der Waals surface area contributed by atoms with Crippen LogP contribution in [-0.2, 0) is 24.0 Å². The van der Waals surface area contributed by atoms with Crippen LogP contribution in [0, 0.1) is 0 Å². The van der Waals surface area contributed by atoms with Gasteiger partial charge in [-0.2, -0.15) is 13.2 Å². The second-order valence-electron chi connectivity index (χ2n) is 5.92. The number of hydrogen-bond acceptors (Lipinski definition) is 4. The first kappa shape index (κ1) is 17.4. The number of nitrogens with zero attached hydrogens (tertiary/aromatic N) is 1. The monoisotopic (exact) mass is 351 g/mol. The van der Waals surface area contributed by atoms with Crippen molar-refractivity contribution in [3.8, 4) is 0 Å². The average molecular weight is 351 g/mol. The molecule has 2 aromatic carbocycles. The smallest absolute Gasteiger partial charge is 0.397 e. The number of halogens is 3. The lowest BCUT2D eigenvalue weighted by atomic mass is 10.1. The molecule has 0 aliphatic carbocycles. The van der Waals surface area contributed by atoms with E-state index in [1.54, 1.807) is 6.07 Å². The highest BCUT2D eigenvalue weighted by Gasteiger charge is 2.32. The number of anilines is 3. The van der Waals surface area contributed by atoms with Gasteiger partial charge in [0.15, 0.2) is 0 Å². The predicted molar refractivity (Wildman–Crippen MR) is 92.3 cm³/mol. The van der Waals surface area contributed by atoms with Gasteiger partial charge in [0.2, 0.25) is 0 Å². The molecule has 0 saturated carbocycles. The van der Waals surface area contributed by atoms with Crippen LogP contribution in [0.2, 0.25) is 0 Å². The van der Waals surface area contributed by atoms with Gasteiger partial charge in [0, 0.05) is 25.4 Å². The molecule has 1 aliphatic rings. The molecule has 134 valence electrons. The second-order valence-corrected chi connectivity index (χ2v) is 5.92. The Hall–Kier alpha value is -2.41. The lowest BCUT2D eigenvalue weighted by Gasteiger charge is -2.19. The van der Waals surface area contributed by atoms with Crippen LogP contribution in [0.15, 0.2) is 36.4 Å². The third-order valence-electron chi connectivity index (χ3n) is 4.23. The molecule has 0 bridgehead atoms. The van der Waals surface area contributed by atoms with Gasteiger partial charge >= 0.3 is 6.18 Å². The first-order chi connectivity index (χ1) is 11.9. The van der Waals surface area contributed by atoms with E-state index in [0.29, 0.717) is 37.7 Å². The van der Waals surface area contributed by atoms with Gasteiger partial charge in [0.25, 0.3) is 0 Å². The molecule has 0 atom stereocenters. The molecule has 7 heteroatoms. The van der Waals surface area contributed by atoms with Crippen molar-refractivity contribution in [2.75, 3.05) is 29.3 Å². The van der Waals surface area contributed by atoms with E-state index in [2.05, 4.69) is 5.32 Å². The van der Waals surface area contributed by atoms with Gasteiger partial charge in [-0.05, 0) is 48.4 Å². The van der Waals surface area contributed by atoms with E-state index in [9.17, 15) is 13.2 Å². The predicted octanol–water partition coefficient (Wildman–Crippen LogP) is 4.21. The van der Waals surface area contributed by atoms with E-state index < -0.39 is 11.7 Å². The van der Waals surface area contributed by atoms with E-state index in [1.807, 2.05) is 30.0 Å². The zero-order valence-corrected chi connectivity index (χ0v) is 13.9. The normalized spacial score (nSPS) is 13.8. The van der Waals surface area contributed by atoms with Gasteiger partial charge in [-0.3, -0.25) is 0 Å². The molecule has 0 aromatic heterocycles. The summed E-state index contributed by atoms with van der Waals surface area (Å²) in [5, 5.41) is 3.08. The molecule has 0 fully saturated rings. The van der Waals surface area contributed by atoms with E-state index in [-0.39, 0.29) is 0 Å². The van der Waals surface area contributed by atoms with Crippen molar-refractivity contribution in [2.45, 2.75) is 26.2 Å². The van der Waals surface area contributed by atoms with Crippen molar-refractivity contribution in [3.05, 3.63) is 53.1 Å². The van der Waals surface area contributed by atoms with Crippen LogP contribution in [0.1, 0.15) is 23.6 Å². The van der Waals surface area contributed by atoms with E-state index in [0.717, 1.165) is 23.0 Å². The minimum Gasteiger partial charge on any atom is -0.397 e. The quantitative estimate of drug-likeness (QED) is 0.481. The third kappa shape index (κ3) is 3.82. The van der Waals surface area contributed by atoms with Crippen LogP contribution in [0.4, 0.5) is 30.2 Å². The third-order valence-corrected chi connectivity index (χ3v) is 4.23. The van der Waals surface area contributed by atoms with Crippen molar-refractivity contribution >= 4 is 17.1 Å². The molecule has 0 spiro atoms. The van der Waals surface area contributed by atoms with Crippen molar-refractivity contribution in [1.82, 2.24) is 0 Å². The number of nitrogen functional groups attached to an aromatic ring is 1. The molecule has 0 unspecified atom stereocenters. The Labute approximate surface area is 144 Å². The first-order valence-corrected chi connectivity index (χ1v) is 8.03. The molecular formula is C18H20F3N3O. The Morgan fingerprint density at radius 3 is 2.56 bits per heavy atom. The van der Waals surface area contributed by atoms with Gasteiger partial charge in [0.05, 0.1) is 16.9 Å². The summed E-state index contributed by atoms with van der Waals surface area (Å²) in [5.74, 6) is 0. The van der Waals surface area contributed by atoms with Crippen LogP contribution in [0.25, 0.3) is 0 Å².